The van der Waals surface area contributed by atoms with E-state index in [-0.39, 0.29) is 11.3 Å². The predicted octanol–water partition coefficient (Wildman–Crippen LogP) is 4.78. The summed E-state index contributed by atoms with van der Waals surface area (Å²) in [5, 5.41) is 0.431. The first-order valence-corrected chi connectivity index (χ1v) is 6.41. The lowest BCUT2D eigenvalue weighted by molar-refractivity contribution is 0.103. The molecule has 0 aliphatic heterocycles. The van der Waals surface area contributed by atoms with Gasteiger partial charge in [0, 0.05) is 15.1 Å². The van der Waals surface area contributed by atoms with Gasteiger partial charge in [-0.15, -0.1) is 0 Å². The molecule has 0 aromatic heterocycles. The highest BCUT2D eigenvalue weighted by molar-refractivity contribution is 9.10. The van der Waals surface area contributed by atoms with Crippen LogP contribution < -0.4 is 0 Å². The Labute approximate surface area is 118 Å². The Hall–Kier alpha value is -1.19. The summed E-state index contributed by atoms with van der Waals surface area (Å²) < 4.78 is 14.3. The normalized spacial score (nSPS) is 10.4. The molecule has 0 saturated heterocycles. The fourth-order valence-corrected chi connectivity index (χ4v) is 2.51. The molecule has 4 heteroatoms. The van der Waals surface area contributed by atoms with Crippen LogP contribution in [0.5, 0.6) is 0 Å². The topological polar surface area (TPSA) is 17.1 Å². The third kappa shape index (κ3) is 2.79. The molecule has 0 saturated carbocycles. The van der Waals surface area contributed by atoms with Gasteiger partial charge in [0.1, 0.15) is 5.82 Å². The van der Waals surface area contributed by atoms with Gasteiger partial charge in [-0.05, 0) is 37.3 Å². The zero-order valence-electron chi connectivity index (χ0n) is 9.51. The number of halogens is 3. The summed E-state index contributed by atoms with van der Waals surface area (Å²) in [5.41, 5.74) is 1.25. The van der Waals surface area contributed by atoms with Gasteiger partial charge in [-0.2, -0.15) is 0 Å². The molecule has 0 fully saturated rings. The molecule has 0 atom stereocenters. The number of ketones is 1. The van der Waals surface area contributed by atoms with E-state index in [0.717, 1.165) is 5.56 Å². The number of carbonyl (C=O) groups excluding carboxylic acids is 1. The Morgan fingerprint density at radius 2 is 1.94 bits per heavy atom. The van der Waals surface area contributed by atoms with E-state index in [1.54, 1.807) is 18.2 Å². The molecule has 0 bridgehead atoms. The van der Waals surface area contributed by atoms with Gasteiger partial charge in [0.15, 0.2) is 5.78 Å². The Morgan fingerprint density at radius 1 is 1.22 bits per heavy atom. The van der Waals surface area contributed by atoms with Crippen LogP contribution in [-0.2, 0) is 0 Å². The largest absolute Gasteiger partial charge is 0.288 e. The van der Waals surface area contributed by atoms with Gasteiger partial charge in [0.05, 0.1) is 5.56 Å². The van der Waals surface area contributed by atoms with Gasteiger partial charge in [-0.3, -0.25) is 4.79 Å². The third-order valence-electron chi connectivity index (χ3n) is 2.49. The van der Waals surface area contributed by atoms with Crippen molar-refractivity contribution in [3.05, 3.63) is 68.4 Å². The highest BCUT2D eigenvalue weighted by atomic mass is 79.9. The first-order chi connectivity index (χ1) is 8.47. The second-order valence-corrected chi connectivity index (χ2v) is 5.32. The van der Waals surface area contributed by atoms with Crippen molar-refractivity contribution in [3.63, 3.8) is 0 Å². The van der Waals surface area contributed by atoms with Gasteiger partial charge in [-0.1, -0.05) is 39.2 Å². The Morgan fingerprint density at radius 3 is 2.61 bits per heavy atom. The van der Waals surface area contributed by atoms with Crippen molar-refractivity contribution in [1.29, 1.82) is 0 Å². The van der Waals surface area contributed by atoms with Crippen molar-refractivity contribution in [2.75, 3.05) is 0 Å². The van der Waals surface area contributed by atoms with Crippen LogP contribution in [0.3, 0.4) is 0 Å². The molecule has 2 aromatic rings. The quantitative estimate of drug-likeness (QED) is 0.725. The maximum Gasteiger partial charge on any atom is 0.196 e. The second kappa shape index (κ2) is 5.21. The second-order valence-electron chi connectivity index (χ2n) is 3.97. The van der Waals surface area contributed by atoms with E-state index in [4.69, 9.17) is 11.6 Å². The van der Waals surface area contributed by atoms with Gasteiger partial charge in [-0.25, -0.2) is 4.39 Å². The van der Waals surface area contributed by atoms with Crippen LogP contribution >= 0.6 is 27.5 Å². The number of hydrogen-bond donors (Lipinski definition) is 0. The highest BCUT2D eigenvalue weighted by Crippen LogP contribution is 2.23. The lowest BCUT2D eigenvalue weighted by Gasteiger charge is -2.05. The Balaban J connectivity index is 2.51. The van der Waals surface area contributed by atoms with Crippen molar-refractivity contribution >= 4 is 33.3 Å². The molecule has 0 heterocycles. The summed E-state index contributed by atoms with van der Waals surface area (Å²) >= 11 is 9.13. The van der Waals surface area contributed by atoms with Crippen LogP contribution in [-0.4, -0.2) is 5.78 Å². The molecule has 0 aliphatic rings. The number of benzene rings is 2. The first-order valence-electron chi connectivity index (χ1n) is 5.24. The van der Waals surface area contributed by atoms with E-state index < -0.39 is 5.82 Å². The van der Waals surface area contributed by atoms with Crippen LogP contribution in [0.1, 0.15) is 21.5 Å². The van der Waals surface area contributed by atoms with Gasteiger partial charge in [0.2, 0.25) is 0 Å². The van der Waals surface area contributed by atoms with Crippen molar-refractivity contribution in [2.45, 2.75) is 6.92 Å². The zero-order valence-corrected chi connectivity index (χ0v) is 11.8. The fraction of sp³-hybridized carbons (Fsp3) is 0.0714. The monoisotopic (exact) mass is 326 g/mol. The van der Waals surface area contributed by atoms with E-state index in [9.17, 15) is 9.18 Å². The van der Waals surface area contributed by atoms with Crippen molar-refractivity contribution in [3.8, 4) is 0 Å². The predicted molar refractivity (Wildman–Crippen MR) is 73.7 cm³/mol. The molecule has 0 amide bonds. The summed E-state index contributed by atoms with van der Waals surface area (Å²) in [4.78, 5) is 12.2. The maximum absolute atomic E-state index is 13.6. The molecule has 0 unspecified atom stereocenters. The lowest BCUT2D eigenvalue weighted by atomic mass is 10.0. The van der Waals surface area contributed by atoms with E-state index >= 15 is 0 Å². The molecule has 92 valence electrons. The van der Waals surface area contributed by atoms with E-state index in [1.807, 2.05) is 6.92 Å². The number of carbonyl (C=O) groups is 1. The van der Waals surface area contributed by atoms with Crippen LogP contribution in [0.25, 0.3) is 0 Å². The average molecular weight is 328 g/mol. The summed E-state index contributed by atoms with van der Waals surface area (Å²) in [7, 11) is 0. The van der Waals surface area contributed by atoms with Crippen LogP contribution in [0.15, 0.2) is 40.9 Å². The van der Waals surface area contributed by atoms with Gasteiger partial charge >= 0.3 is 0 Å². The minimum atomic E-state index is -0.526. The summed E-state index contributed by atoms with van der Waals surface area (Å²) in [5.74, 6) is -0.902. The lowest BCUT2D eigenvalue weighted by Crippen LogP contribution is -2.04. The highest BCUT2D eigenvalue weighted by Gasteiger charge is 2.15. The standard InChI is InChI=1S/C14H9BrClFO/c1-8-2-3-13(17)12(4-8)14(18)9-5-10(15)7-11(16)6-9/h2-7H,1H3. The minimum Gasteiger partial charge on any atom is -0.288 e. The number of rotatable bonds is 2. The summed E-state index contributed by atoms with van der Waals surface area (Å²) in [6.07, 6.45) is 0. The Kier molecular flexibility index (Phi) is 3.83. The molecule has 0 spiro atoms. The Bertz CT molecular complexity index is 605. The van der Waals surface area contributed by atoms with E-state index in [2.05, 4.69) is 15.9 Å². The molecule has 0 radical (unpaired) electrons. The summed E-state index contributed by atoms with van der Waals surface area (Å²) in [6, 6.07) is 9.27. The van der Waals surface area contributed by atoms with E-state index in [1.165, 1.54) is 18.2 Å². The molecular weight excluding hydrogens is 319 g/mol. The fourth-order valence-electron chi connectivity index (χ4n) is 1.65. The summed E-state index contributed by atoms with van der Waals surface area (Å²) in [6.45, 7) is 1.81. The van der Waals surface area contributed by atoms with E-state index in [0.29, 0.717) is 15.1 Å². The van der Waals surface area contributed by atoms with Gasteiger partial charge in [0.25, 0.3) is 0 Å². The van der Waals surface area contributed by atoms with Crippen LogP contribution in [0, 0.1) is 12.7 Å². The molecule has 0 N–H and O–H groups in total. The molecular formula is C14H9BrClFO. The van der Waals surface area contributed by atoms with Crippen LogP contribution in [0.4, 0.5) is 4.39 Å². The molecule has 2 aromatic carbocycles. The zero-order chi connectivity index (χ0) is 13.3. The SMILES string of the molecule is Cc1ccc(F)c(C(=O)c2cc(Cl)cc(Br)c2)c1. The average Bonchev–Trinajstić information content (AvgIpc) is 2.30. The third-order valence-corrected chi connectivity index (χ3v) is 3.17. The molecule has 18 heavy (non-hydrogen) atoms. The van der Waals surface area contributed by atoms with Crippen LogP contribution in [0.2, 0.25) is 5.02 Å². The minimum absolute atomic E-state index is 0.0594. The smallest absolute Gasteiger partial charge is 0.196 e. The molecule has 1 nitrogen and oxygen atoms in total. The molecule has 2 rings (SSSR count). The van der Waals surface area contributed by atoms with Gasteiger partial charge < -0.3 is 0 Å². The molecule has 0 aliphatic carbocycles. The van der Waals surface area contributed by atoms with Crippen molar-refractivity contribution in [2.24, 2.45) is 0 Å². The maximum atomic E-state index is 13.6. The first kappa shape index (κ1) is 13.2. The number of hydrogen-bond acceptors (Lipinski definition) is 1. The van der Waals surface area contributed by atoms with Crippen molar-refractivity contribution < 1.29 is 9.18 Å². The number of aryl methyl sites for hydroxylation is 1. The van der Waals surface area contributed by atoms with Crippen molar-refractivity contribution in [1.82, 2.24) is 0 Å².